The Kier molecular flexibility index (Phi) is 6.53. The lowest BCUT2D eigenvalue weighted by atomic mass is 10.1. The molecule has 0 radical (unpaired) electrons. The average Bonchev–Trinajstić information content (AvgIpc) is 2.34. The minimum atomic E-state index is -0.422. The zero-order valence-electron chi connectivity index (χ0n) is 11.5. The number of hydrogen-bond donors (Lipinski definition) is 1. The molecule has 0 saturated heterocycles. The van der Waals surface area contributed by atoms with E-state index in [4.69, 9.17) is 0 Å². The SMILES string of the molecule is CCC(CSC)N(C)c1ccc([C@H](C)O)cc1Br. The van der Waals surface area contributed by atoms with Crippen molar-refractivity contribution in [1.29, 1.82) is 0 Å². The molecule has 0 heterocycles. The van der Waals surface area contributed by atoms with Gasteiger partial charge in [0, 0.05) is 23.3 Å². The second kappa shape index (κ2) is 7.41. The maximum atomic E-state index is 9.58. The lowest BCUT2D eigenvalue weighted by molar-refractivity contribution is 0.199. The molecule has 4 heteroatoms. The molecule has 1 unspecified atom stereocenters. The molecule has 1 aromatic carbocycles. The number of rotatable bonds is 6. The van der Waals surface area contributed by atoms with E-state index in [0.29, 0.717) is 6.04 Å². The van der Waals surface area contributed by atoms with Crippen LogP contribution in [0.1, 0.15) is 31.9 Å². The molecule has 0 spiro atoms. The molecule has 18 heavy (non-hydrogen) atoms. The van der Waals surface area contributed by atoms with Gasteiger partial charge < -0.3 is 10.0 Å². The van der Waals surface area contributed by atoms with Gasteiger partial charge in [-0.1, -0.05) is 13.0 Å². The van der Waals surface area contributed by atoms with E-state index in [-0.39, 0.29) is 0 Å². The van der Waals surface area contributed by atoms with E-state index < -0.39 is 6.10 Å². The molecule has 1 aromatic rings. The van der Waals surface area contributed by atoms with Crippen molar-refractivity contribution in [1.82, 2.24) is 0 Å². The van der Waals surface area contributed by atoms with E-state index in [1.165, 1.54) is 5.69 Å². The largest absolute Gasteiger partial charge is 0.389 e. The van der Waals surface area contributed by atoms with Crippen molar-refractivity contribution in [3.8, 4) is 0 Å². The second-order valence-corrected chi connectivity index (χ2v) is 6.28. The minimum Gasteiger partial charge on any atom is -0.389 e. The number of aliphatic hydroxyl groups excluding tert-OH is 1. The predicted molar refractivity (Wildman–Crippen MR) is 85.6 cm³/mol. The molecular formula is C14H22BrNOS. The van der Waals surface area contributed by atoms with E-state index in [1.54, 1.807) is 6.92 Å². The molecule has 0 aliphatic rings. The molecule has 0 aliphatic heterocycles. The number of benzene rings is 1. The monoisotopic (exact) mass is 331 g/mol. The third kappa shape index (κ3) is 3.90. The number of nitrogens with zero attached hydrogens (tertiary/aromatic N) is 1. The van der Waals surface area contributed by atoms with Crippen molar-refractivity contribution in [2.75, 3.05) is 24.0 Å². The van der Waals surface area contributed by atoms with Crippen molar-refractivity contribution in [3.63, 3.8) is 0 Å². The molecule has 1 rings (SSSR count). The summed E-state index contributed by atoms with van der Waals surface area (Å²) in [7, 11) is 2.13. The summed E-state index contributed by atoms with van der Waals surface area (Å²) in [6.07, 6.45) is 2.85. The van der Waals surface area contributed by atoms with Crippen molar-refractivity contribution < 1.29 is 5.11 Å². The molecule has 102 valence electrons. The van der Waals surface area contributed by atoms with Crippen LogP contribution in [0.5, 0.6) is 0 Å². The Morgan fingerprint density at radius 1 is 1.44 bits per heavy atom. The first-order chi connectivity index (χ1) is 8.51. The highest BCUT2D eigenvalue weighted by Gasteiger charge is 2.15. The summed E-state index contributed by atoms with van der Waals surface area (Å²) in [4.78, 5) is 2.31. The van der Waals surface area contributed by atoms with Gasteiger partial charge in [0.1, 0.15) is 0 Å². The van der Waals surface area contributed by atoms with Crippen molar-refractivity contribution in [3.05, 3.63) is 28.2 Å². The zero-order valence-corrected chi connectivity index (χ0v) is 13.9. The molecule has 0 aliphatic carbocycles. The van der Waals surface area contributed by atoms with Gasteiger partial charge >= 0.3 is 0 Å². The van der Waals surface area contributed by atoms with Crippen LogP contribution in [0.4, 0.5) is 5.69 Å². The molecule has 2 atom stereocenters. The van der Waals surface area contributed by atoms with E-state index in [0.717, 1.165) is 22.2 Å². The van der Waals surface area contributed by atoms with Gasteiger partial charge in [-0.15, -0.1) is 0 Å². The highest BCUT2D eigenvalue weighted by atomic mass is 79.9. The van der Waals surface area contributed by atoms with Crippen LogP contribution in [0.15, 0.2) is 22.7 Å². The molecule has 0 bridgehead atoms. The van der Waals surface area contributed by atoms with Gasteiger partial charge in [-0.25, -0.2) is 0 Å². The van der Waals surface area contributed by atoms with Crippen LogP contribution < -0.4 is 4.90 Å². The normalized spacial score (nSPS) is 14.3. The van der Waals surface area contributed by atoms with Crippen molar-refractivity contribution in [2.24, 2.45) is 0 Å². The van der Waals surface area contributed by atoms with Crippen LogP contribution >= 0.6 is 27.7 Å². The lowest BCUT2D eigenvalue weighted by Gasteiger charge is -2.30. The fourth-order valence-corrected chi connectivity index (χ4v) is 3.48. The predicted octanol–water partition coefficient (Wildman–Crippen LogP) is 4.08. The van der Waals surface area contributed by atoms with Gasteiger partial charge in [0.25, 0.3) is 0 Å². The number of hydrogen-bond acceptors (Lipinski definition) is 3. The Balaban J connectivity index is 2.95. The van der Waals surface area contributed by atoms with Gasteiger partial charge in [0.2, 0.25) is 0 Å². The first-order valence-corrected chi connectivity index (χ1v) is 8.39. The molecular weight excluding hydrogens is 310 g/mol. The van der Waals surface area contributed by atoms with Gasteiger partial charge in [-0.2, -0.15) is 11.8 Å². The number of halogens is 1. The summed E-state index contributed by atoms with van der Waals surface area (Å²) >= 11 is 5.48. The summed E-state index contributed by atoms with van der Waals surface area (Å²) < 4.78 is 1.04. The van der Waals surface area contributed by atoms with Crippen LogP contribution in [-0.4, -0.2) is 30.2 Å². The maximum Gasteiger partial charge on any atom is 0.0762 e. The molecule has 2 nitrogen and oxygen atoms in total. The van der Waals surface area contributed by atoms with Crippen LogP contribution in [0.25, 0.3) is 0 Å². The van der Waals surface area contributed by atoms with Gasteiger partial charge in [-0.3, -0.25) is 0 Å². The molecule has 0 fully saturated rings. The zero-order chi connectivity index (χ0) is 13.7. The number of thioether (sulfide) groups is 1. The Hall–Kier alpha value is -0.190. The first kappa shape index (κ1) is 15.9. The van der Waals surface area contributed by atoms with Gasteiger partial charge in [-0.05, 0) is 53.2 Å². The third-order valence-electron chi connectivity index (χ3n) is 3.21. The van der Waals surface area contributed by atoms with E-state index in [1.807, 2.05) is 23.9 Å². The summed E-state index contributed by atoms with van der Waals surface area (Å²) in [5.74, 6) is 1.12. The third-order valence-corrected chi connectivity index (χ3v) is 4.57. The van der Waals surface area contributed by atoms with Crippen molar-refractivity contribution >= 4 is 33.4 Å². The lowest BCUT2D eigenvalue weighted by Crippen LogP contribution is -2.33. The van der Waals surface area contributed by atoms with E-state index in [9.17, 15) is 5.11 Å². The summed E-state index contributed by atoms with van der Waals surface area (Å²) in [5.41, 5.74) is 2.12. The topological polar surface area (TPSA) is 23.5 Å². The smallest absolute Gasteiger partial charge is 0.0762 e. The molecule has 0 aromatic heterocycles. The molecule has 0 saturated carbocycles. The average molecular weight is 332 g/mol. The quantitative estimate of drug-likeness (QED) is 0.849. The summed E-state index contributed by atoms with van der Waals surface area (Å²) in [6.45, 7) is 4.00. The second-order valence-electron chi connectivity index (χ2n) is 4.52. The van der Waals surface area contributed by atoms with Crippen LogP contribution in [0, 0.1) is 0 Å². The Morgan fingerprint density at radius 3 is 2.56 bits per heavy atom. The summed E-state index contributed by atoms with van der Waals surface area (Å²) in [5, 5.41) is 9.58. The molecule has 1 N–H and O–H groups in total. The fraction of sp³-hybridized carbons (Fsp3) is 0.571. The Bertz CT molecular complexity index is 384. The maximum absolute atomic E-state index is 9.58. The van der Waals surface area contributed by atoms with Crippen LogP contribution in [-0.2, 0) is 0 Å². The highest BCUT2D eigenvalue weighted by molar-refractivity contribution is 9.10. The number of anilines is 1. The first-order valence-electron chi connectivity index (χ1n) is 6.20. The highest BCUT2D eigenvalue weighted by Crippen LogP contribution is 2.30. The van der Waals surface area contributed by atoms with E-state index in [2.05, 4.69) is 47.1 Å². The Morgan fingerprint density at radius 2 is 2.11 bits per heavy atom. The standard InChI is InChI=1S/C14H22BrNOS/c1-5-12(9-18-4)16(3)14-7-6-11(10(2)17)8-13(14)15/h6-8,10,12,17H,5,9H2,1-4H3/t10-,12?/m0/s1. The van der Waals surface area contributed by atoms with Crippen LogP contribution in [0.3, 0.4) is 0 Å². The van der Waals surface area contributed by atoms with Gasteiger partial charge in [0.05, 0.1) is 11.8 Å². The Labute approximate surface area is 123 Å². The molecule has 0 amide bonds. The summed E-state index contributed by atoms with van der Waals surface area (Å²) in [6, 6.07) is 6.61. The van der Waals surface area contributed by atoms with Crippen molar-refractivity contribution in [2.45, 2.75) is 32.4 Å². The fourth-order valence-electron chi connectivity index (χ4n) is 1.96. The van der Waals surface area contributed by atoms with E-state index >= 15 is 0 Å². The minimum absolute atomic E-state index is 0.422. The van der Waals surface area contributed by atoms with Crippen LogP contribution in [0.2, 0.25) is 0 Å². The van der Waals surface area contributed by atoms with Gasteiger partial charge in [0.15, 0.2) is 0 Å². The number of aliphatic hydroxyl groups is 1.